The highest BCUT2D eigenvalue weighted by Crippen LogP contribution is 2.19. The van der Waals surface area contributed by atoms with Gasteiger partial charge >= 0.3 is 6.18 Å². The number of hydrogen-bond donors (Lipinski definition) is 2. The Morgan fingerprint density at radius 3 is 2.38 bits per heavy atom. The van der Waals surface area contributed by atoms with E-state index in [1.54, 1.807) is 12.1 Å². The van der Waals surface area contributed by atoms with Gasteiger partial charge in [0, 0.05) is 6.04 Å². The summed E-state index contributed by atoms with van der Waals surface area (Å²) in [5.41, 5.74) is 6.73. The average molecular weight is 457 g/mol. The third-order valence-electron chi connectivity index (χ3n) is 3.72. The highest BCUT2D eigenvalue weighted by Gasteiger charge is 2.28. The molecular formula is C16H23F3IN3O. The summed E-state index contributed by atoms with van der Waals surface area (Å²) in [5.74, 6) is 0.595. The molecule has 1 aromatic carbocycles. The largest absolute Gasteiger partial charge is 0.484 e. The van der Waals surface area contributed by atoms with E-state index in [1.165, 1.54) is 31.4 Å². The van der Waals surface area contributed by atoms with Crippen molar-refractivity contribution in [3.8, 4) is 5.75 Å². The van der Waals surface area contributed by atoms with Crippen LogP contribution in [0.4, 0.5) is 13.2 Å². The van der Waals surface area contributed by atoms with E-state index in [0.29, 0.717) is 18.5 Å². The zero-order valence-electron chi connectivity index (χ0n) is 13.3. The second kappa shape index (κ2) is 9.95. The lowest BCUT2D eigenvalue weighted by molar-refractivity contribution is -0.153. The Balaban J connectivity index is 0.00000288. The number of alkyl halides is 3. The van der Waals surface area contributed by atoms with Gasteiger partial charge in [0.2, 0.25) is 0 Å². The molecule has 1 aliphatic rings. The van der Waals surface area contributed by atoms with E-state index in [0.717, 1.165) is 18.4 Å². The third-order valence-corrected chi connectivity index (χ3v) is 3.72. The maximum atomic E-state index is 12.1. The molecule has 0 atom stereocenters. The van der Waals surface area contributed by atoms with Crippen LogP contribution < -0.4 is 15.8 Å². The molecule has 0 aromatic heterocycles. The fourth-order valence-electron chi connectivity index (χ4n) is 2.53. The molecule has 3 N–H and O–H groups in total. The third kappa shape index (κ3) is 8.07. The average Bonchev–Trinajstić information content (AvgIpc) is 2.52. The maximum absolute atomic E-state index is 12.1. The van der Waals surface area contributed by atoms with Gasteiger partial charge in [-0.2, -0.15) is 13.2 Å². The molecular weight excluding hydrogens is 434 g/mol. The number of benzene rings is 1. The first kappa shape index (κ1) is 20.9. The first-order valence-corrected chi connectivity index (χ1v) is 7.77. The number of nitrogens with zero attached hydrogens (tertiary/aromatic N) is 1. The van der Waals surface area contributed by atoms with Crippen LogP contribution in [0.3, 0.4) is 0 Å². The summed E-state index contributed by atoms with van der Waals surface area (Å²) in [6, 6.07) is 6.76. The fraction of sp³-hybridized carbons (Fsp3) is 0.562. The number of ether oxygens (including phenoxy) is 1. The molecule has 0 saturated heterocycles. The van der Waals surface area contributed by atoms with Crippen molar-refractivity contribution in [3.63, 3.8) is 0 Å². The monoisotopic (exact) mass is 457 g/mol. The normalized spacial score (nSPS) is 16.4. The van der Waals surface area contributed by atoms with Crippen molar-refractivity contribution in [2.24, 2.45) is 10.7 Å². The zero-order chi connectivity index (χ0) is 16.7. The number of nitrogens with two attached hydrogens (primary N) is 1. The summed E-state index contributed by atoms with van der Waals surface area (Å²) in [6.45, 7) is -0.909. The zero-order valence-corrected chi connectivity index (χ0v) is 15.6. The van der Waals surface area contributed by atoms with Crippen molar-refractivity contribution in [3.05, 3.63) is 29.8 Å². The van der Waals surface area contributed by atoms with Crippen molar-refractivity contribution in [1.29, 1.82) is 0 Å². The Morgan fingerprint density at radius 1 is 1.17 bits per heavy atom. The molecule has 1 fully saturated rings. The number of guanidine groups is 1. The molecule has 136 valence electrons. The number of halogens is 4. The number of rotatable bonds is 5. The highest BCUT2D eigenvalue weighted by atomic mass is 127. The molecule has 0 heterocycles. The smallest absolute Gasteiger partial charge is 0.422 e. The van der Waals surface area contributed by atoms with Crippen LogP contribution in [0.5, 0.6) is 5.75 Å². The van der Waals surface area contributed by atoms with Crippen molar-refractivity contribution in [2.75, 3.05) is 6.61 Å². The Hall–Kier alpha value is -1.19. The molecule has 1 aromatic rings. The quantitative estimate of drug-likeness (QED) is 0.400. The van der Waals surface area contributed by atoms with Gasteiger partial charge in [-0.05, 0) is 30.5 Å². The van der Waals surface area contributed by atoms with Gasteiger partial charge in [0.05, 0.1) is 6.54 Å². The molecule has 8 heteroatoms. The molecule has 1 saturated carbocycles. The van der Waals surface area contributed by atoms with Gasteiger partial charge < -0.3 is 15.8 Å². The van der Waals surface area contributed by atoms with E-state index >= 15 is 0 Å². The van der Waals surface area contributed by atoms with Crippen molar-refractivity contribution in [2.45, 2.75) is 50.9 Å². The number of aliphatic imine (C=N–C) groups is 1. The summed E-state index contributed by atoms with van der Waals surface area (Å²) in [6.07, 6.45) is 1.60. The lowest BCUT2D eigenvalue weighted by atomic mass is 9.96. The number of nitrogens with one attached hydrogen (secondary N) is 1. The van der Waals surface area contributed by atoms with Crippen molar-refractivity contribution < 1.29 is 17.9 Å². The standard InChI is InChI=1S/C16H22F3N3O.HI/c17-16(18,19)11-23-14-8-6-12(7-9-14)10-21-15(20)22-13-4-2-1-3-5-13;/h6-9,13H,1-5,10-11H2,(H3,20,21,22);1H. The van der Waals surface area contributed by atoms with Gasteiger partial charge in [0.25, 0.3) is 0 Å². The van der Waals surface area contributed by atoms with Crippen LogP contribution in [0.25, 0.3) is 0 Å². The van der Waals surface area contributed by atoms with Gasteiger partial charge in [-0.3, -0.25) is 0 Å². The summed E-state index contributed by atoms with van der Waals surface area (Å²) in [5, 5.41) is 3.22. The molecule has 4 nitrogen and oxygen atoms in total. The first-order valence-electron chi connectivity index (χ1n) is 7.77. The minimum atomic E-state index is -4.33. The van der Waals surface area contributed by atoms with E-state index < -0.39 is 12.8 Å². The van der Waals surface area contributed by atoms with E-state index in [-0.39, 0.29) is 29.7 Å². The summed E-state index contributed by atoms with van der Waals surface area (Å²) >= 11 is 0. The number of hydrogen-bond acceptors (Lipinski definition) is 2. The highest BCUT2D eigenvalue weighted by molar-refractivity contribution is 14.0. The molecule has 0 amide bonds. The molecule has 0 aliphatic heterocycles. The second-order valence-electron chi connectivity index (χ2n) is 5.73. The van der Waals surface area contributed by atoms with Crippen LogP contribution in [-0.2, 0) is 6.54 Å². The Morgan fingerprint density at radius 2 is 1.79 bits per heavy atom. The van der Waals surface area contributed by atoms with Gasteiger partial charge in [0.1, 0.15) is 5.75 Å². The van der Waals surface area contributed by atoms with Gasteiger partial charge in [0.15, 0.2) is 12.6 Å². The van der Waals surface area contributed by atoms with Gasteiger partial charge in [-0.15, -0.1) is 24.0 Å². The van der Waals surface area contributed by atoms with Crippen LogP contribution >= 0.6 is 24.0 Å². The van der Waals surface area contributed by atoms with Crippen molar-refractivity contribution in [1.82, 2.24) is 5.32 Å². The van der Waals surface area contributed by atoms with E-state index in [4.69, 9.17) is 5.73 Å². The molecule has 24 heavy (non-hydrogen) atoms. The maximum Gasteiger partial charge on any atom is 0.422 e. The molecule has 2 rings (SSSR count). The topological polar surface area (TPSA) is 59.6 Å². The predicted octanol–water partition coefficient (Wildman–Crippen LogP) is 3.98. The lowest BCUT2D eigenvalue weighted by Gasteiger charge is -2.23. The van der Waals surface area contributed by atoms with Crippen molar-refractivity contribution >= 4 is 29.9 Å². The van der Waals surface area contributed by atoms with Crippen LogP contribution in [-0.4, -0.2) is 24.8 Å². The predicted molar refractivity (Wildman–Crippen MR) is 98.7 cm³/mol. The van der Waals surface area contributed by atoms with Crippen LogP contribution in [0.2, 0.25) is 0 Å². The molecule has 0 bridgehead atoms. The minimum absolute atomic E-state index is 0. The summed E-state index contributed by atoms with van der Waals surface area (Å²) in [4.78, 5) is 4.27. The summed E-state index contributed by atoms with van der Waals surface area (Å²) < 4.78 is 40.8. The lowest BCUT2D eigenvalue weighted by Crippen LogP contribution is -2.41. The second-order valence-corrected chi connectivity index (χ2v) is 5.73. The fourth-order valence-corrected chi connectivity index (χ4v) is 2.53. The Bertz CT molecular complexity index is 514. The SMILES string of the molecule is I.NC(=NCc1ccc(OCC(F)(F)F)cc1)NC1CCCCC1. The summed E-state index contributed by atoms with van der Waals surface area (Å²) in [7, 11) is 0. The van der Waals surface area contributed by atoms with Crippen LogP contribution in [0.1, 0.15) is 37.7 Å². The Labute approximate surface area is 157 Å². The first-order chi connectivity index (χ1) is 10.9. The van der Waals surface area contributed by atoms with Gasteiger partial charge in [-0.25, -0.2) is 4.99 Å². The van der Waals surface area contributed by atoms with Crippen LogP contribution in [0.15, 0.2) is 29.3 Å². The molecule has 1 aliphatic carbocycles. The molecule has 0 radical (unpaired) electrons. The van der Waals surface area contributed by atoms with Crippen LogP contribution in [0, 0.1) is 0 Å². The van der Waals surface area contributed by atoms with E-state index in [2.05, 4.69) is 15.0 Å². The van der Waals surface area contributed by atoms with Gasteiger partial charge in [-0.1, -0.05) is 31.4 Å². The Kier molecular flexibility index (Phi) is 8.65. The molecule has 0 unspecified atom stereocenters. The minimum Gasteiger partial charge on any atom is -0.484 e. The molecule has 0 spiro atoms. The van der Waals surface area contributed by atoms with E-state index in [9.17, 15) is 13.2 Å². The van der Waals surface area contributed by atoms with E-state index in [1.807, 2.05) is 0 Å².